The van der Waals surface area contributed by atoms with Crippen LogP contribution in [0.2, 0.25) is 9.88 Å². The Morgan fingerprint density at radius 2 is 2.15 bits per heavy atom. The van der Waals surface area contributed by atoms with Crippen molar-refractivity contribution in [3.8, 4) is 0 Å². The maximum absolute atomic E-state index is 10.9. The third-order valence-electron chi connectivity index (χ3n) is 1.89. The number of primary amides is 1. The molecular formula is C9H13N2OSn. The second-order valence-corrected chi connectivity index (χ2v) is 10.4. The number of nitrogens with two attached hydrogens (primary N) is 1. The Hall–Kier alpha value is -0.581. The molecule has 3 nitrogen and oxygen atoms in total. The summed E-state index contributed by atoms with van der Waals surface area (Å²) in [7, 11) is 0. The number of rotatable bonds is 2. The van der Waals surface area contributed by atoms with E-state index in [1.807, 2.05) is 13.0 Å². The Morgan fingerprint density at radius 1 is 1.54 bits per heavy atom. The van der Waals surface area contributed by atoms with Gasteiger partial charge >= 0.3 is 85.1 Å². The molecule has 0 aromatic carbocycles. The topological polar surface area (TPSA) is 56.0 Å². The molecule has 1 aromatic heterocycles. The molecular weight excluding hydrogens is 271 g/mol. The summed E-state index contributed by atoms with van der Waals surface area (Å²) < 4.78 is 1.19. The SMILES string of the molecule is Cc1c[c]([Sn]([CH3])[CH3])ncc1C(N)=O. The molecule has 1 rings (SSSR count). The Kier molecular flexibility index (Phi) is 3.30. The number of aromatic nitrogens is 1. The van der Waals surface area contributed by atoms with E-state index >= 15 is 0 Å². The van der Waals surface area contributed by atoms with Gasteiger partial charge in [0.2, 0.25) is 0 Å². The normalized spacial score (nSPS) is 10.5. The van der Waals surface area contributed by atoms with Crippen LogP contribution in [0.3, 0.4) is 0 Å². The van der Waals surface area contributed by atoms with Crippen molar-refractivity contribution in [3.05, 3.63) is 23.4 Å². The molecule has 0 aliphatic rings. The standard InChI is InChI=1S/C7H7N2O.2CH3.Sn/c1-5-2-3-9-4-6(5)7(8)10;;;/h2,4H,1H3,(H2,8,10);2*1H3;. The van der Waals surface area contributed by atoms with E-state index in [0.717, 1.165) is 5.56 Å². The van der Waals surface area contributed by atoms with Crippen LogP contribution >= 0.6 is 0 Å². The molecule has 1 heterocycles. The third-order valence-corrected chi connectivity index (χ3v) is 5.59. The fourth-order valence-electron chi connectivity index (χ4n) is 1.09. The molecule has 0 fully saturated rings. The van der Waals surface area contributed by atoms with Crippen LogP contribution in [0.1, 0.15) is 15.9 Å². The van der Waals surface area contributed by atoms with Gasteiger partial charge in [-0.05, 0) is 0 Å². The third kappa shape index (κ3) is 2.43. The number of pyridine rings is 1. The van der Waals surface area contributed by atoms with Crippen molar-refractivity contribution in [2.75, 3.05) is 0 Å². The van der Waals surface area contributed by atoms with Gasteiger partial charge < -0.3 is 0 Å². The number of hydrogen-bond donors (Lipinski definition) is 1. The molecule has 1 amide bonds. The predicted molar refractivity (Wildman–Crippen MR) is 54.6 cm³/mol. The molecule has 0 aliphatic heterocycles. The molecule has 0 bridgehead atoms. The molecule has 69 valence electrons. The van der Waals surface area contributed by atoms with Crippen molar-refractivity contribution in [2.45, 2.75) is 16.8 Å². The summed E-state index contributed by atoms with van der Waals surface area (Å²) >= 11 is -1.39. The van der Waals surface area contributed by atoms with Gasteiger partial charge in [-0.15, -0.1) is 0 Å². The summed E-state index contributed by atoms with van der Waals surface area (Å²) in [5, 5.41) is 0. The Morgan fingerprint density at radius 3 is 2.54 bits per heavy atom. The fraction of sp³-hybridized carbons (Fsp3) is 0.333. The number of nitrogens with zero attached hydrogens (tertiary/aromatic N) is 1. The monoisotopic (exact) mass is 285 g/mol. The summed E-state index contributed by atoms with van der Waals surface area (Å²) in [6, 6.07) is 1.99. The van der Waals surface area contributed by atoms with E-state index in [1.54, 1.807) is 6.20 Å². The molecule has 0 saturated heterocycles. The van der Waals surface area contributed by atoms with Crippen molar-refractivity contribution in [1.82, 2.24) is 4.98 Å². The van der Waals surface area contributed by atoms with Gasteiger partial charge in [-0.3, -0.25) is 0 Å². The fourth-order valence-corrected chi connectivity index (χ4v) is 3.45. The van der Waals surface area contributed by atoms with E-state index in [4.69, 9.17) is 5.73 Å². The maximum atomic E-state index is 10.9. The van der Waals surface area contributed by atoms with Gasteiger partial charge in [0.1, 0.15) is 0 Å². The Balaban J connectivity index is 3.13. The molecule has 0 atom stereocenters. The quantitative estimate of drug-likeness (QED) is 0.802. The minimum absolute atomic E-state index is 0.395. The van der Waals surface area contributed by atoms with Crippen molar-refractivity contribution < 1.29 is 4.79 Å². The van der Waals surface area contributed by atoms with E-state index < -0.39 is 25.7 Å². The van der Waals surface area contributed by atoms with E-state index in [9.17, 15) is 4.79 Å². The summed E-state index contributed by atoms with van der Waals surface area (Å²) in [4.78, 5) is 19.7. The van der Waals surface area contributed by atoms with Crippen LogP contribution < -0.4 is 9.44 Å². The molecule has 4 heteroatoms. The van der Waals surface area contributed by atoms with Crippen molar-refractivity contribution in [2.24, 2.45) is 5.73 Å². The van der Waals surface area contributed by atoms with E-state index in [0.29, 0.717) is 5.56 Å². The van der Waals surface area contributed by atoms with Crippen LogP contribution in [-0.2, 0) is 0 Å². The first-order chi connectivity index (χ1) is 6.02. The summed E-state index contributed by atoms with van der Waals surface area (Å²) in [5.74, 6) is -0.395. The first-order valence-electron chi connectivity index (χ1n) is 4.09. The van der Waals surface area contributed by atoms with Crippen molar-refractivity contribution >= 4 is 29.4 Å². The van der Waals surface area contributed by atoms with Gasteiger partial charge in [-0.1, -0.05) is 0 Å². The number of carbonyl (C=O) groups is 1. The van der Waals surface area contributed by atoms with Gasteiger partial charge in [0.25, 0.3) is 0 Å². The first kappa shape index (κ1) is 10.5. The predicted octanol–water partition coefficient (Wildman–Crippen LogP) is 0.450. The van der Waals surface area contributed by atoms with E-state index in [2.05, 4.69) is 14.9 Å². The molecule has 0 spiro atoms. The van der Waals surface area contributed by atoms with Crippen LogP contribution in [0, 0.1) is 6.92 Å². The van der Waals surface area contributed by atoms with Crippen LogP contribution in [0.15, 0.2) is 12.3 Å². The number of aryl methyl sites for hydroxylation is 1. The second kappa shape index (κ2) is 4.09. The summed E-state index contributed by atoms with van der Waals surface area (Å²) in [5.41, 5.74) is 6.66. The molecule has 0 aliphatic carbocycles. The zero-order chi connectivity index (χ0) is 10.0. The van der Waals surface area contributed by atoms with Crippen LogP contribution in [0.5, 0.6) is 0 Å². The van der Waals surface area contributed by atoms with Crippen LogP contribution in [-0.4, -0.2) is 30.7 Å². The van der Waals surface area contributed by atoms with Crippen molar-refractivity contribution in [3.63, 3.8) is 0 Å². The van der Waals surface area contributed by atoms with Crippen LogP contribution in [0.4, 0.5) is 0 Å². The van der Waals surface area contributed by atoms with E-state index in [-0.39, 0.29) is 0 Å². The number of carbonyl (C=O) groups excluding carboxylic acids is 1. The molecule has 1 aromatic rings. The summed E-state index contributed by atoms with van der Waals surface area (Å²) in [6.07, 6.45) is 1.60. The Bertz CT molecular complexity index is 336. The number of hydrogen-bond acceptors (Lipinski definition) is 2. The van der Waals surface area contributed by atoms with Crippen LogP contribution in [0.25, 0.3) is 0 Å². The van der Waals surface area contributed by atoms with Gasteiger partial charge in [0.05, 0.1) is 0 Å². The molecule has 2 N–H and O–H groups in total. The number of amides is 1. The molecule has 0 unspecified atom stereocenters. The van der Waals surface area contributed by atoms with Gasteiger partial charge in [0.15, 0.2) is 0 Å². The molecule has 0 saturated carbocycles. The zero-order valence-electron chi connectivity index (χ0n) is 8.09. The van der Waals surface area contributed by atoms with Crippen molar-refractivity contribution in [1.29, 1.82) is 0 Å². The first-order valence-corrected chi connectivity index (χ1v) is 11.2. The van der Waals surface area contributed by atoms with Gasteiger partial charge in [-0.25, -0.2) is 0 Å². The van der Waals surface area contributed by atoms with Gasteiger partial charge in [-0.2, -0.15) is 0 Å². The minimum atomic E-state index is -1.39. The zero-order valence-corrected chi connectivity index (χ0v) is 10.9. The van der Waals surface area contributed by atoms with E-state index in [1.165, 1.54) is 3.71 Å². The molecule has 13 heavy (non-hydrogen) atoms. The Labute approximate surface area is 85.1 Å². The molecule has 1 radical (unpaired) electrons. The average molecular weight is 284 g/mol. The average Bonchev–Trinajstić information content (AvgIpc) is 2.03. The summed E-state index contributed by atoms with van der Waals surface area (Å²) in [6.45, 7) is 1.90. The second-order valence-electron chi connectivity index (χ2n) is 3.25. The van der Waals surface area contributed by atoms with Gasteiger partial charge in [0, 0.05) is 0 Å².